The summed E-state index contributed by atoms with van der Waals surface area (Å²) in [6.45, 7) is 1.71. The van der Waals surface area contributed by atoms with E-state index >= 15 is 0 Å². The number of nitro groups is 1. The molecule has 0 N–H and O–H groups in total. The van der Waals surface area contributed by atoms with Gasteiger partial charge >= 0.3 is 0 Å². The normalized spacial score (nSPS) is 10.1. The summed E-state index contributed by atoms with van der Waals surface area (Å²) in [4.78, 5) is 9.76. The highest BCUT2D eigenvalue weighted by molar-refractivity contribution is 6.31. The van der Waals surface area contributed by atoms with E-state index in [1.54, 1.807) is 6.92 Å². The molecule has 70 valence electrons. The lowest BCUT2D eigenvalue weighted by Crippen LogP contribution is -1.94. The molecule has 0 unspecified atom stereocenters. The highest BCUT2D eigenvalue weighted by Gasteiger charge is 2.13. The second-order valence-corrected chi connectivity index (χ2v) is 2.92. The van der Waals surface area contributed by atoms with Crippen molar-refractivity contribution in [3.63, 3.8) is 0 Å². The minimum absolute atomic E-state index is 0.178. The molecule has 0 saturated carbocycles. The van der Waals surface area contributed by atoms with Gasteiger partial charge < -0.3 is 0 Å². The van der Waals surface area contributed by atoms with Crippen molar-refractivity contribution in [2.24, 2.45) is 0 Å². The molecule has 13 heavy (non-hydrogen) atoms. The smallest absolute Gasteiger partial charge is 0.258 e. The lowest BCUT2D eigenvalue weighted by molar-refractivity contribution is -0.385. The number of nitro benzene ring substituents is 1. The Labute approximate surface area is 79.3 Å². The Kier molecular flexibility index (Phi) is 2.83. The van der Waals surface area contributed by atoms with Gasteiger partial charge in [-0.25, -0.2) is 4.39 Å². The van der Waals surface area contributed by atoms with Gasteiger partial charge in [0, 0.05) is 12.1 Å². The minimum atomic E-state index is -0.593. The van der Waals surface area contributed by atoms with Gasteiger partial charge in [-0.3, -0.25) is 10.1 Å². The number of non-ortho nitro benzene ring substituents is 1. The van der Waals surface area contributed by atoms with Gasteiger partial charge in [-0.1, -0.05) is 18.5 Å². The Hall–Kier alpha value is -1.16. The molecule has 0 amide bonds. The molecule has 0 aliphatic heterocycles. The van der Waals surface area contributed by atoms with E-state index in [0.717, 1.165) is 6.07 Å². The molecule has 0 aliphatic carbocycles. The van der Waals surface area contributed by atoms with Crippen LogP contribution in [-0.4, -0.2) is 4.92 Å². The van der Waals surface area contributed by atoms with E-state index in [9.17, 15) is 14.5 Å². The van der Waals surface area contributed by atoms with Crippen molar-refractivity contribution in [2.75, 3.05) is 0 Å². The molecule has 0 aliphatic rings. The molecule has 0 atom stereocenters. The van der Waals surface area contributed by atoms with E-state index in [1.807, 2.05) is 0 Å². The van der Waals surface area contributed by atoms with Crippen molar-refractivity contribution < 1.29 is 9.31 Å². The van der Waals surface area contributed by atoms with E-state index in [-0.39, 0.29) is 16.3 Å². The Morgan fingerprint density at radius 1 is 1.62 bits per heavy atom. The van der Waals surface area contributed by atoms with Gasteiger partial charge in [0.05, 0.1) is 9.95 Å². The average molecular weight is 204 g/mol. The van der Waals surface area contributed by atoms with Gasteiger partial charge in [-0.2, -0.15) is 0 Å². The summed E-state index contributed by atoms with van der Waals surface area (Å²) in [7, 11) is 0. The molecule has 0 fully saturated rings. The number of nitrogens with zero attached hydrogens (tertiary/aromatic N) is 1. The van der Waals surface area contributed by atoms with Crippen molar-refractivity contribution in [3.05, 3.63) is 38.7 Å². The van der Waals surface area contributed by atoms with Crippen molar-refractivity contribution >= 4 is 17.3 Å². The first kappa shape index (κ1) is 9.92. The van der Waals surface area contributed by atoms with Crippen LogP contribution in [0.25, 0.3) is 0 Å². The lowest BCUT2D eigenvalue weighted by atomic mass is 10.1. The molecule has 0 bridgehead atoms. The average Bonchev–Trinajstić information content (AvgIpc) is 2.09. The van der Waals surface area contributed by atoms with E-state index in [0.29, 0.717) is 6.42 Å². The highest BCUT2D eigenvalue weighted by atomic mass is 35.5. The molecule has 0 heterocycles. The largest absolute Gasteiger partial charge is 0.271 e. The molecule has 0 aromatic heterocycles. The Morgan fingerprint density at radius 2 is 2.23 bits per heavy atom. The first-order chi connectivity index (χ1) is 6.06. The van der Waals surface area contributed by atoms with E-state index in [4.69, 9.17) is 11.6 Å². The SMILES string of the molecule is CCc1cc([N+](=O)[O-])cc(Cl)c1F. The predicted octanol–water partition coefficient (Wildman–Crippen LogP) is 2.95. The molecule has 1 rings (SSSR count). The summed E-state index contributed by atoms with van der Waals surface area (Å²) < 4.78 is 13.1. The summed E-state index contributed by atoms with van der Waals surface area (Å²) in [5, 5.41) is 10.2. The molecular formula is C8H7ClFNO2. The maximum absolute atomic E-state index is 13.1. The zero-order chi connectivity index (χ0) is 10.0. The highest BCUT2D eigenvalue weighted by Crippen LogP contribution is 2.25. The van der Waals surface area contributed by atoms with Crippen LogP contribution in [0.4, 0.5) is 10.1 Å². The van der Waals surface area contributed by atoms with Gasteiger partial charge in [-0.15, -0.1) is 0 Å². The Bertz CT molecular complexity index is 354. The van der Waals surface area contributed by atoms with E-state index in [1.165, 1.54) is 6.07 Å². The van der Waals surface area contributed by atoms with Crippen LogP contribution in [0.15, 0.2) is 12.1 Å². The van der Waals surface area contributed by atoms with Crippen LogP contribution in [0.3, 0.4) is 0 Å². The first-order valence-corrected chi connectivity index (χ1v) is 4.06. The van der Waals surface area contributed by atoms with Gasteiger partial charge in [0.2, 0.25) is 0 Å². The Morgan fingerprint density at radius 3 is 2.69 bits per heavy atom. The van der Waals surface area contributed by atoms with Crippen LogP contribution >= 0.6 is 11.6 Å². The standard InChI is InChI=1S/C8H7ClFNO2/c1-2-5-3-6(11(12)13)4-7(9)8(5)10/h3-4H,2H2,1H3. The third-order valence-electron chi connectivity index (χ3n) is 1.68. The number of aryl methyl sites for hydroxylation is 1. The van der Waals surface area contributed by atoms with Gasteiger partial charge in [0.1, 0.15) is 5.82 Å². The maximum Gasteiger partial charge on any atom is 0.271 e. The summed E-state index contributed by atoms with van der Waals surface area (Å²) >= 11 is 5.46. The van der Waals surface area contributed by atoms with Crippen molar-refractivity contribution in [1.82, 2.24) is 0 Å². The molecular weight excluding hydrogens is 197 g/mol. The fraction of sp³-hybridized carbons (Fsp3) is 0.250. The molecule has 1 aromatic carbocycles. The number of rotatable bonds is 2. The summed E-state index contributed by atoms with van der Waals surface area (Å²) in [6.07, 6.45) is 0.382. The number of benzene rings is 1. The molecule has 0 saturated heterocycles. The van der Waals surface area contributed by atoms with Gasteiger partial charge in [0.15, 0.2) is 0 Å². The summed E-state index contributed by atoms with van der Waals surface area (Å²) in [6, 6.07) is 2.21. The number of hydrogen-bond donors (Lipinski definition) is 0. The number of halogens is 2. The molecule has 1 aromatic rings. The molecule has 3 nitrogen and oxygen atoms in total. The molecule has 0 radical (unpaired) electrons. The van der Waals surface area contributed by atoms with Crippen molar-refractivity contribution in [1.29, 1.82) is 0 Å². The van der Waals surface area contributed by atoms with Crippen molar-refractivity contribution in [2.45, 2.75) is 13.3 Å². The quantitative estimate of drug-likeness (QED) is 0.548. The van der Waals surface area contributed by atoms with Crippen LogP contribution in [-0.2, 0) is 6.42 Å². The van der Waals surface area contributed by atoms with E-state index < -0.39 is 10.7 Å². The zero-order valence-corrected chi connectivity index (χ0v) is 7.64. The second-order valence-electron chi connectivity index (χ2n) is 2.51. The Balaban J connectivity index is 3.30. The minimum Gasteiger partial charge on any atom is -0.258 e. The van der Waals surface area contributed by atoms with Crippen LogP contribution in [0.2, 0.25) is 5.02 Å². The second kappa shape index (κ2) is 3.70. The van der Waals surface area contributed by atoms with Gasteiger partial charge in [-0.05, 0) is 12.0 Å². The topological polar surface area (TPSA) is 43.1 Å². The molecule has 0 spiro atoms. The first-order valence-electron chi connectivity index (χ1n) is 3.68. The van der Waals surface area contributed by atoms with Crippen LogP contribution in [0, 0.1) is 15.9 Å². The predicted molar refractivity (Wildman–Crippen MR) is 47.4 cm³/mol. The van der Waals surface area contributed by atoms with Crippen LogP contribution < -0.4 is 0 Å². The monoisotopic (exact) mass is 203 g/mol. The number of hydrogen-bond acceptors (Lipinski definition) is 2. The third kappa shape index (κ3) is 1.95. The molecule has 5 heteroatoms. The van der Waals surface area contributed by atoms with Crippen LogP contribution in [0.1, 0.15) is 12.5 Å². The maximum atomic E-state index is 13.1. The van der Waals surface area contributed by atoms with Crippen LogP contribution in [0.5, 0.6) is 0 Å². The summed E-state index contributed by atoms with van der Waals surface area (Å²) in [5.41, 5.74) is 0.0856. The third-order valence-corrected chi connectivity index (χ3v) is 1.96. The summed E-state index contributed by atoms with van der Waals surface area (Å²) in [5.74, 6) is -0.574. The zero-order valence-electron chi connectivity index (χ0n) is 6.88. The fourth-order valence-electron chi connectivity index (χ4n) is 0.993. The van der Waals surface area contributed by atoms with E-state index in [2.05, 4.69) is 0 Å². The van der Waals surface area contributed by atoms with Crippen molar-refractivity contribution in [3.8, 4) is 0 Å². The van der Waals surface area contributed by atoms with Gasteiger partial charge in [0.25, 0.3) is 5.69 Å². The fourth-order valence-corrected chi connectivity index (χ4v) is 1.23. The lowest BCUT2D eigenvalue weighted by Gasteiger charge is -2.01.